The Morgan fingerprint density at radius 2 is 1.73 bits per heavy atom. The van der Waals surface area contributed by atoms with Crippen LogP contribution < -0.4 is 14.5 Å². The number of benzene rings is 2. The van der Waals surface area contributed by atoms with Gasteiger partial charge in [0.25, 0.3) is 0 Å². The molecule has 1 saturated carbocycles. The van der Waals surface area contributed by atoms with Crippen molar-refractivity contribution in [3.8, 4) is 5.88 Å². The Morgan fingerprint density at radius 1 is 0.927 bits per heavy atom. The number of hydrogen-bond acceptors (Lipinski definition) is 8. The van der Waals surface area contributed by atoms with Gasteiger partial charge in [0.05, 0.1) is 12.5 Å². The fourth-order valence-electron chi connectivity index (χ4n) is 6.44. The number of hydrogen-bond donors (Lipinski definition) is 1. The summed E-state index contributed by atoms with van der Waals surface area (Å²) in [5.74, 6) is 1.04. The summed E-state index contributed by atoms with van der Waals surface area (Å²) in [4.78, 5) is 23.9. The molecule has 2 fully saturated rings. The maximum absolute atomic E-state index is 12.4. The molecule has 8 heteroatoms. The minimum absolute atomic E-state index is 0.00731. The van der Waals surface area contributed by atoms with Gasteiger partial charge in [-0.25, -0.2) is 0 Å². The number of aromatic nitrogens is 1. The Morgan fingerprint density at radius 3 is 2.59 bits per heavy atom. The Hall–Kier alpha value is -3.36. The third-order valence-electron chi connectivity index (χ3n) is 8.87. The fourth-order valence-corrected chi connectivity index (χ4v) is 6.44. The van der Waals surface area contributed by atoms with Crippen LogP contribution in [-0.4, -0.2) is 73.2 Å². The van der Waals surface area contributed by atoms with Gasteiger partial charge in [-0.3, -0.25) is 14.6 Å². The number of aliphatic hydroxyl groups excluding tert-OH is 1. The van der Waals surface area contributed by atoms with Crippen LogP contribution >= 0.6 is 0 Å². The Balaban J connectivity index is 0.943. The first-order valence-corrected chi connectivity index (χ1v) is 15.3. The van der Waals surface area contributed by atoms with Crippen molar-refractivity contribution in [1.82, 2.24) is 9.88 Å². The van der Waals surface area contributed by atoms with Gasteiger partial charge in [-0.05, 0) is 68.2 Å². The molecule has 2 aromatic carbocycles. The molecule has 2 aliphatic heterocycles. The number of carbonyl (C=O) groups is 1. The zero-order valence-corrected chi connectivity index (χ0v) is 23.9. The smallest absolute Gasteiger partial charge is 0.310 e. The number of unbranched alkanes of at least 4 members (excludes halogenated alkanes) is 1. The van der Waals surface area contributed by atoms with Gasteiger partial charge in [-0.15, -0.1) is 0 Å². The van der Waals surface area contributed by atoms with E-state index in [-0.39, 0.29) is 18.6 Å². The first kappa shape index (κ1) is 27.8. The third kappa shape index (κ3) is 6.60. The summed E-state index contributed by atoms with van der Waals surface area (Å²) in [6.45, 7) is 5.91. The topological polar surface area (TPSA) is 78.4 Å². The van der Waals surface area contributed by atoms with E-state index in [0.717, 1.165) is 83.2 Å². The SMILES string of the molecule is O=C(OCN1c2nc(OCCCCN3CCN(c4cccc5ccccc45)CC3)ccc2CCC1O)C1CCCC1. The number of aliphatic hydroxyl groups is 1. The van der Waals surface area contributed by atoms with Crippen LogP contribution in [0.5, 0.6) is 5.88 Å². The van der Waals surface area contributed by atoms with Gasteiger partial charge in [0.2, 0.25) is 5.88 Å². The highest BCUT2D eigenvalue weighted by Gasteiger charge is 2.30. The molecule has 0 radical (unpaired) electrons. The monoisotopic (exact) mass is 558 g/mol. The summed E-state index contributed by atoms with van der Waals surface area (Å²) in [5, 5.41) is 13.3. The normalized spacial score (nSPS) is 19.9. The molecule has 6 rings (SSSR count). The number of esters is 1. The van der Waals surface area contributed by atoms with Crippen molar-refractivity contribution in [2.45, 2.75) is 57.6 Å². The van der Waals surface area contributed by atoms with Crippen LogP contribution in [0.3, 0.4) is 0 Å². The second-order valence-electron chi connectivity index (χ2n) is 11.6. The van der Waals surface area contributed by atoms with Gasteiger partial charge in [0, 0.05) is 43.3 Å². The highest BCUT2D eigenvalue weighted by molar-refractivity contribution is 5.94. The highest BCUT2D eigenvalue weighted by Crippen LogP contribution is 2.31. The van der Waals surface area contributed by atoms with Crippen LogP contribution in [0, 0.1) is 5.92 Å². The van der Waals surface area contributed by atoms with Crippen LogP contribution in [0.25, 0.3) is 10.8 Å². The van der Waals surface area contributed by atoms with Crippen LogP contribution in [0.1, 0.15) is 50.5 Å². The molecule has 1 atom stereocenters. The molecular formula is C33H42N4O4. The van der Waals surface area contributed by atoms with E-state index in [4.69, 9.17) is 14.5 Å². The zero-order valence-electron chi connectivity index (χ0n) is 23.9. The second-order valence-corrected chi connectivity index (χ2v) is 11.6. The van der Waals surface area contributed by atoms with Crippen molar-refractivity contribution in [2.24, 2.45) is 5.92 Å². The minimum Gasteiger partial charge on any atom is -0.478 e. The van der Waals surface area contributed by atoms with Crippen molar-refractivity contribution in [3.63, 3.8) is 0 Å². The minimum atomic E-state index is -0.720. The number of nitrogens with zero attached hydrogens (tertiary/aromatic N) is 4. The molecule has 8 nitrogen and oxygen atoms in total. The van der Waals surface area contributed by atoms with Crippen molar-refractivity contribution >= 4 is 28.2 Å². The molecule has 41 heavy (non-hydrogen) atoms. The summed E-state index contributed by atoms with van der Waals surface area (Å²) < 4.78 is 11.6. The lowest BCUT2D eigenvalue weighted by atomic mass is 10.0. The van der Waals surface area contributed by atoms with Crippen LogP contribution in [-0.2, 0) is 16.0 Å². The molecule has 1 saturated heterocycles. The van der Waals surface area contributed by atoms with Gasteiger partial charge in [-0.2, -0.15) is 4.98 Å². The predicted molar refractivity (Wildman–Crippen MR) is 161 cm³/mol. The zero-order chi connectivity index (χ0) is 28.0. The summed E-state index contributed by atoms with van der Waals surface area (Å²) in [7, 11) is 0. The molecule has 0 amide bonds. The average Bonchev–Trinajstić information content (AvgIpc) is 3.56. The Labute approximate surface area is 242 Å². The molecule has 3 heterocycles. The van der Waals surface area contributed by atoms with Crippen LogP contribution in [0.2, 0.25) is 0 Å². The number of aryl methyl sites for hydroxylation is 1. The van der Waals surface area contributed by atoms with Gasteiger partial charge < -0.3 is 19.5 Å². The predicted octanol–water partition coefficient (Wildman–Crippen LogP) is 4.98. The lowest BCUT2D eigenvalue weighted by Gasteiger charge is -2.36. The molecule has 3 aliphatic rings. The first-order valence-electron chi connectivity index (χ1n) is 15.3. The summed E-state index contributed by atoms with van der Waals surface area (Å²) in [6, 6.07) is 19.1. The Kier molecular flexibility index (Phi) is 8.87. The van der Waals surface area contributed by atoms with E-state index in [9.17, 15) is 9.90 Å². The largest absolute Gasteiger partial charge is 0.478 e. The van der Waals surface area contributed by atoms with E-state index in [0.29, 0.717) is 24.7 Å². The summed E-state index contributed by atoms with van der Waals surface area (Å²) in [6.07, 6.45) is 6.60. The summed E-state index contributed by atoms with van der Waals surface area (Å²) in [5.41, 5.74) is 2.38. The molecule has 3 aromatic rings. The third-order valence-corrected chi connectivity index (χ3v) is 8.87. The van der Waals surface area contributed by atoms with E-state index in [2.05, 4.69) is 52.3 Å². The van der Waals surface area contributed by atoms with Crippen LogP contribution in [0.15, 0.2) is 54.6 Å². The fraction of sp³-hybridized carbons (Fsp3) is 0.515. The lowest BCUT2D eigenvalue weighted by Crippen LogP contribution is -2.46. The van der Waals surface area contributed by atoms with Crippen molar-refractivity contribution in [1.29, 1.82) is 0 Å². The number of pyridine rings is 1. The second kappa shape index (κ2) is 13.1. The molecule has 1 N–H and O–H groups in total. The maximum atomic E-state index is 12.4. The molecule has 0 spiro atoms. The number of piperazine rings is 1. The van der Waals surface area contributed by atoms with E-state index in [1.165, 1.54) is 16.5 Å². The first-order chi connectivity index (χ1) is 20.2. The van der Waals surface area contributed by atoms with E-state index < -0.39 is 6.23 Å². The lowest BCUT2D eigenvalue weighted by molar-refractivity contribution is -0.148. The standard InChI is InChI=1S/C33H42N4O4/c38-31-17-15-26-14-16-30(34-32(26)37(31)24-41-33(39)27-9-1-2-10-27)40-23-6-5-18-35-19-21-36(22-20-35)29-13-7-11-25-8-3-4-12-28(25)29/h3-4,7-8,11-14,16,27,31,38H,1-2,5-6,9-10,15,17-24H2. The molecule has 218 valence electrons. The van der Waals surface area contributed by atoms with E-state index in [1.54, 1.807) is 4.90 Å². The number of ether oxygens (including phenoxy) is 2. The van der Waals surface area contributed by atoms with E-state index >= 15 is 0 Å². The van der Waals surface area contributed by atoms with Crippen molar-refractivity contribution < 1.29 is 19.4 Å². The van der Waals surface area contributed by atoms with Gasteiger partial charge in [-0.1, -0.05) is 49.2 Å². The summed E-state index contributed by atoms with van der Waals surface area (Å²) >= 11 is 0. The quantitative estimate of drug-likeness (QED) is 0.276. The van der Waals surface area contributed by atoms with Gasteiger partial charge in [0.15, 0.2) is 6.73 Å². The average molecular weight is 559 g/mol. The van der Waals surface area contributed by atoms with Gasteiger partial charge in [0.1, 0.15) is 12.0 Å². The Bertz CT molecular complexity index is 1310. The van der Waals surface area contributed by atoms with Gasteiger partial charge >= 0.3 is 5.97 Å². The number of rotatable bonds is 10. The van der Waals surface area contributed by atoms with Crippen molar-refractivity contribution in [3.05, 3.63) is 60.2 Å². The highest BCUT2D eigenvalue weighted by atomic mass is 16.5. The van der Waals surface area contributed by atoms with Crippen LogP contribution in [0.4, 0.5) is 11.5 Å². The molecule has 1 aromatic heterocycles. The van der Waals surface area contributed by atoms with Crippen molar-refractivity contribution in [2.75, 3.05) is 55.9 Å². The molecule has 0 bridgehead atoms. The molecule has 1 unspecified atom stereocenters. The number of carbonyl (C=O) groups excluding carboxylic acids is 1. The molecule has 1 aliphatic carbocycles. The number of fused-ring (bicyclic) bond motifs is 2. The van der Waals surface area contributed by atoms with E-state index in [1.807, 2.05) is 12.1 Å². The number of anilines is 2. The maximum Gasteiger partial charge on any atom is 0.310 e. The molecular weight excluding hydrogens is 516 g/mol.